The van der Waals surface area contributed by atoms with Gasteiger partial charge in [-0.3, -0.25) is 0 Å². The molecule has 130 valence electrons. The lowest BCUT2D eigenvalue weighted by Crippen LogP contribution is -2.48. The standard InChI is InChI=1S/C16H24F2N2O3/c1-5-20(10-16(2,3)22)15(21)19-14(9-23-4)11-6-7-12(17)13(18)8-11/h6-8,14,22H,5,9-10H2,1-4H3,(H,19,21). The third-order valence-electron chi connectivity index (χ3n) is 3.22. The summed E-state index contributed by atoms with van der Waals surface area (Å²) < 4.78 is 31.5. The zero-order chi connectivity index (χ0) is 17.6. The molecule has 7 heteroatoms. The topological polar surface area (TPSA) is 61.8 Å². The molecule has 0 saturated carbocycles. The Morgan fingerprint density at radius 1 is 1.39 bits per heavy atom. The number of likely N-dealkylation sites (N-methyl/N-ethyl adjacent to an activating group) is 1. The molecule has 0 aromatic heterocycles. The summed E-state index contributed by atoms with van der Waals surface area (Å²) in [5.41, 5.74) is -0.634. The molecular formula is C16H24F2N2O3. The second-order valence-electron chi connectivity index (χ2n) is 5.96. The molecule has 1 rings (SSSR count). The number of carbonyl (C=O) groups is 1. The van der Waals surface area contributed by atoms with Crippen LogP contribution < -0.4 is 5.32 Å². The summed E-state index contributed by atoms with van der Waals surface area (Å²) in [4.78, 5) is 13.8. The van der Waals surface area contributed by atoms with Crippen LogP contribution >= 0.6 is 0 Å². The lowest BCUT2D eigenvalue weighted by molar-refractivity contribution is 0.0468. The number of hydrogen-bond donors (Lipinski definition) is 2. The monoisotopic (exact) mass is 330 g/mol. The molecule has 23 heavy (non-hydrogen) atoms. The molecule has 0 aliphatic carbocycles. The molecule has 1 atom stereocenters. The van der Waals surface area contributed by atoms with Crippen LogP contribution in [0.4, 0.5) is 13.6 Å². The number of rotatable bonds is 7. The van der Waals surface area contributed by atoms with E-state index in [1.54, 1.807) is 20.8 Å². The number of halogens is 2. The smallest absolute Gasteiger partial charge is 0.318 e. The molecule has 1 aromatic rings. The minimum absolute atomic E-state index is 0.108. The summed E-state index contributed by atoms with van der Waals surface area (Å²) in [5.74, 6) is -1.94. The fourth-order valence-electron chi connectivity index (χ4n) is 2.15. The Labute approximate surface area is 135 Å². The van der Waals surface area contributed by atoms with Gasteiger partial charge in [-0.25, -0.2) is 13.6 Å². The van der Waals surface area contributed by atoms with Gasteiger partial charge in [0, 0.05) is 13.7 Å². The van der Waals surface area contributed by atoms with E-state index >= 15 is 0 Å². The number of aliphatic hydroxyl groups is 1. The van der Waals surface area contributed by atoms with Gasteiger partial charge in [0.05, 0.1) is 24.8 Å². The van der Waals surface area contributed by atoms with Crippen molar-refractivity contribution in [2.75, 3.05) is 26.8 Å². The number of urea groups is 1. The van der Waals surface area contributed by atoms with Gasteiger partial charge in [0.2, 0.25) is 0 Å². The average Bonchev–Trinajstić information content (AvgIpc) is 2.46. The van der Waals surface area contributed by atoms with Crippen molar-refractivity contribution in [3.63, 3.8) is 0 Å². The molecule has 5 nitrogen and oxygen atoms in total. The first kappa shape index (κ1) is 19.3. The Morgan fingerprint density at radius 3 is 2.52 bits per heavy atom. The van der Waals surface area contributed by atoms with Crippen LogP contribution in [0.5, 0.6) is 0 Å². The Morgan fingerprint density at radius 2 is 2.04 bits per heavy atom. The number of hydrogen-bond acceptors (Lipinski definition) is 3. The van der Waals surface area contributed by atoms with Gasteiger partial charge in [-0.1, -0.05) is 6.07 Å². The molecular weight excluding hydrogens is 306 g/mol. The predicted molar refractivity (Wildman–Crippen MR) is 83.1 cm³/mol. The minimum atomic E-state index is -1.04. The van der Waals surface area contributed by atoms with Gasteiger partial charge >= 0.3 is 6.03 Å². The summed E-state index contributed by atoms with van der Waals surface area (Å²) in [7, 11) is 1.45. The molecule has 0 aliphatic heterocycles. The second kappa shape index (κ2) is 8.21. The Bertz CT molecular complexity index is 533. The van der Waals surface area contributed by atoms with Crippen LogP contribution in [0.2, 0.25) is 0 Å². The molecule has 0 bridgehead atoms. The molecule has 0 radical (unpaired) electrons. The third-order valence-corrected chi connectivity index (χ3v) is 3.22. The fourth-order valence-corrected chi connectivity index (χ4v) is 2.15. The van der Waals surface area contributed by atoms with Crippen molar-refractivity contribution in [2.45, 2.75) is 32.4 Å². The number of nitrogens with zero attached hydrogens (tertiary/aromatic N) is 1. The van der Waals surface area contributed by atoms with Crippen molar-refractivity contribution < 1.29 is 23.4 Å². The fraction of sp³-hybridized carbons (Fsp3) is 0.562. The van der Waals surface area contributed by atoms with E-state index in [2.05, 4.69) is 5.32 Å². The summed E-state index contributed by atoms with van der Waals surface area (Å²) in [5, 5.41) is 12.6. The maximum absolute atomic E-state index is 13.4. The van der Waals surface area contributed by atoms with Crippen molar-refractivity contribution in [1.82, 2.24) is 10.2 Å². The van der Waals surface area contributed by atoms with Crippen LogP contribution in [-0.4, -0.2) is 48.4 Å². The van der Waals surface area contributed by atoms with E-state index in [9.17, 15) is 18.7 Å². The summed E-state index contributed by atoms with van der Waals surface area (Å²) in [6.45, 7) is 5.64. The van der Waals surface area contributed by atoms with E-state index in [-0.39, 0.29) is 13.2 Å². The first-order valence-corrected chi connectivity index (χ1v) is 7.39. The Kier molecular flexibility index (Phi) is 6.90. The predicted octanol–water partition coefficient (Wildman–Crippen LogP) is 2.45. The molecule has 1 aromatic carbocycles. The van der Waals surface area contributed by atoms with Crippen molar-refractivity contribution >= 4 is 6.03 Å². The van der Waals surface area contributed by atoms with Gasteiger partial charge in [0.15, 0.2) is 11.6 Å². The SMILES string of the molecule is CCN(CC(C)(C)O)C(=O)NC(COC)c1ccc(F)c(F)c1. The van der Waals surface area contributed by atoms with Crippen LogP contribution in [0.25, 0.3) is 0 Å². The highest BCUT2D eigenvalue weighted by atomic mass is 19.2. The van der Waals surface area contributed by atoms with E-state index in [0.29, 0.717) is 12.1 Å². The summed E-state index contributed by atoms with van der Waals surface area (Å²) in [6, 6.07) is 2.40. The first-order chi connectivity index (χ1) is 10.7. The molecule has 1 unspecified atom stereocenters. The van der Waals surface area contributed by atoms with Gasteiger partial charge in [-0.05, 0) is 38.5 Å². The first-order valence-electron chi connectivity index (χ1n) is 7.39. The molecule has 0 aliphatic rings. The molecule has 0 heterocycles. The number of carbonyl (C=O) groups excluding carboxylic acids is 1. The number of ether oxygens (including phenoxy) is 1. The van der Waals surface area contributed by atoms with Crippen molar-refractivity contribution in [2.24, 2.45) is 0 Å². The van der Waals surface area contributed by atoms with Crippen molar-refractivity contribution in [3.8, 4) is 0 Å². The van der Waals surface area contributed by atoms with Crippen LogP contribution in [0.1, 0.15) is 32.4 Å². The van der Waals surface area contributed by atoms with Crippen LogP contribution in [0.3, 0.4) is 0 Å². The minimum Gasteiger partial charge on any atom is -0.389 e. The Balaban J connectivity index is 2.89. The van der Waals surface area contributed by atoms with Crippen LogP contribution in [0, 0.1) is 11.6 Å². The van der Waals surface area contributed by atoms with Gasteiger partial charge in [0.1, 0.15) is 0 Å². The van der Waals surface area contributed by atoms with E-state index in [1.807, 2.05) is 0 Å². The number of amides is 2. The van der Waals surface area contributed by atoms with Gasteiger partial charge < -0.3 is 20.1 Å². The lowest BCUT2D eigenvalue weighted by atomic mass is 10.1. The number of benzene rings is 1. The maximum Gasteiger partial charge on any atom is 0.318 e. The lowest BCUT2D eigenvalue weighted by Gasteiger charge is -2.30. The number of methoxy groups -OCH3 is 1. The normalized spacial score (nSPS) is 12.8. The van der Waals surface area contributed by atoms with Crippen LogP contribution in [0.15, 0.2) is 18.2 Å². The highest BCUT2D eigenvalue weighted by molar-refractivity contribution is 5.74. The molecule has 0 spiro atoms. The molecule has 0 saturated heterocycles. The van der Waals surface area contributed by atoms with E-state index in [4.69, 9.17) is 4.74 Å². The maximum atomic E-state index is 13.4. The van der Waals surface area contributed by atoms with Gasteiger partial charge in [-0.2, -0.15) is 0 Å². The Hall–Kier alpha value is -1.73. The molecule has 2 amide bonds. The van der Waals surface area contributed by atoms with Gasteiger partial charge in [-0.15, -0.1) is 0 Å². The zero-order valence-electron chi connectivity index (χ0n) is 13.9. The highest BCUT2D eigenvalue weighted by Gasteiger charge is 2.24. The highest BCUT2D eigenvalue weighted by Crippen LogP contribution is 2.17. The van der Waals surface area contributed by atoms with Crippen LogP contribution in [-0.2, 0) is 4.74 Å². The van der Waals surface area contributed by atoms with Crippen molar-refractivity contribution in [1.29, 1.82) is 0 Å². The third kappa shape index (κ3) is 6.11. The second-order valence-corrected chi connectivity index (χ2v) is 5.96. The molecule has 0 fully saturated rings. The summed E-state index contributed by atoms with van der Waals surface area (Å²) >= 11 is 0. The van der Waals surface area contributed by atoms with E-state index < -0.39 is 29.3 Å². The zero-order valence-corrected chi connectivity index (χ0v) is 13.9. The van der Waals surface area contributed by atoms with E-state index in [1.165, 1.54) is 18.1 Å². The van der Waals surface area contributed by atoms with E-state index in [0.717, 1.165) is 12.1 Å². The average molecular weight is 330 g/mol. The summed E-state index contributed by atoms with van der Waals surface area (Å²) in [6.07, 6.45) is 0. The van der Waals surface area contributed by atoms with Gasteiger partial charge in [0.25, 0.3) is 0 Å². The molecule has 2 N–H and O–H groups in total. The largest absolute Gasteiger partial charge is 0.389 e. The quantitative estimate of drug-likeness (QED) is 0.807. The van der Waals surface area contributed by atoms with Crippen molar-refractivity contribution in [3.05, 3.63) is 35.4 Å². The number of nitrogens with one attached hydrogen (secondary N) is 1.